The first kappa shape index (κ1) is 25.2. The average molecular weight is 367 g/mol. The third-order valence-electron chi connectivity index (χ3n) is 4.98. The number of carbonyl (C=O) groups is 1. The molecule has 154 valence electrons. The molecule has 0 heterocycles. The fourth-order valence-corrected chi connectivity index (χ4v) is 3.32. The molecule has 2 heteroatoms. The summed E-state index contributed by atoms with van der Waals surface area (Å²) < 4.78 is 4.89. The fourth-order valence-electron chi connectivity index (χ4n) is 3.32. The van der Waals surface area contributed by atoms with Crippen LogP contribution in [0, 0.1) is 0 Å². The number of hydrogen-bond donors (Lipinski definition) is 0. The SMILES string of the molecule is CCCCCCCCCCCCCCCCCCC=CCCOC(C)=O. The molecule has 0 saturated carbocycles. The van der Waals surface area contributed by atoms with Crippen molar-refractivity contribution in [1.29, 1.82) is 0 Å². The quantitative estimate of drug-likeness (QED) is 0.123. The molecular weight excluding hydrogens is 320 g/mol. The number of unbranched alkanes of at least 4 members (excludes halogenated alkanes) is 16. The van der Waals surface area contributed by atoms with Crippen molar-refractivity contribution in [1.82, 2.24) is 0 Å². The lowest BCUT2D eigenvalue weighted by molar-refractivity contribution is -0.140. The van der Waals surface area contributed by atoms with Gasteiger partial charge in [0.05, 0.1) is 6.61 Å². The highest BCUT2D eigenvalue weighted by molar-refractivity contribution is 5.65. The van der Waals surface area contributed by atoms with E-state index < -0.39 is 0 Å². The van der Waals surface area contributed by atoms with Gasteiger partial charge in [0.1, 0.15) is 0 Å². The number of carbonyl (C=O) groups excluding carboxylic acids is 1. The van der Waals surface area contributed by atoms with Gasteiger partial charge in [-0.1, -0.05) is 115 Å². The van der Waals surface area contributed by atoms with Crippen LogP contribution in [0.15, 0.2) is 12.2 Å². The fraction of sp³-hybridized carbons (Fsp3) is 0.875. The maximum Gasteiger partial charge on any atom is 0.302 e. The average Bonchev–Trinajstić information content (AvgIpc) is 2.62. The third kappa shape index (κ3) is 23.2. The van der Waals surface area contributed by atoms with Crippen LogP contribution in [0.2, 0.25) is 0 Å². The van der Waals surface area contributed by atoms with Crippen molar-refractivity contribution < 1.29 is 9.53 Å². The molecule has 0 aromatic heterocycles. The van der Waals surface area contributed by atoms with Crippen molar-refractivity contribution in [2.24, 2.45) is 0 Å². The molecule has 0 fully saturated rings. The molecule has 0 radical (unpaired) electrons. The summed E-state index contributed by atoms with van der Waals surface area (Å²) in [5, 5.41) is 0. The second-order valence-electron chi connectivity index (χ2n) is 7.69. The van der Waals surface area contributed by atoms with E-state index in [1.54, 1.807) is 0 Å². The summed E-state index contributed by atoms with van der Waals surface area (Å²) in [4.78, 5) is 10.6. The number of esters is 1. The second-order valence-corrected chi connectivity index (χ2v) is 7.69. The van der Waals surface area contributed by atoms with Crippen LogP contribution in [0.25, 0.3) is 0 Å². The topological polar surface area (TPSA) is 26.3 Å². The predicted octanol–water partition coefficient (Wildman–Crippen LogP) is 8.15. The van der Waals surface area contributed by atoms with Gasteiger partial charge >= 0.3 is 5.97 Å². The van der Waals surface area contributed by atoms with Crippen LogP contribution in [0.3, 0.4) is 0 Å². The molecule has 2 nitrogen and oxygen atoms in total. The normalized spacial score (nSPS) is 11.3. The van der Waals surface area contributed by atoms with Crippen molar-refractivity contribution in [3.05, 3.63) is 12.2 Å². The van der Waals surface area contributed by atoms with E-state index >= 15 is 0 Å². The van der Waals surface area contributed by atoms with E-state index in [2.05, 4.69) is 19.1 Å². The smallest absolute Gasteiger partial charge is 0.302 e. The molecular formula is C24H46O2. The standard InChI is InChI=1S/C24H46O2/c1-3-4-5-6-7-8-9-10-11-12-13-14-15-16-17-18-19-20-21-22-23-26-24(2)25/h20-21H,3-19,22-23H2,1-2H3. The lowest BCUT2D eigenvalue weighted by Crippen LogP contribution is -1.98. The van der Waals surface area contributed by atoms with Crippen LogP contribution >= 0.6 is 0 Å². The van der Waals surface area contributed by atoms with Gasteiger partial charge in [-0.2, -0.15) is 0 Å². The van der Waals surface area contributed by atoms with Gasteiger partial charge in [0, 0.05) is 6.92 Å². The summed E-state index contributed by atoms with van der Waals surface area (Å²) in [6.07, 6.45) is 29.1. The Balaban J connectivity index is 3.05. The first-order valence-electron chi connectivity index (χ1n) is 11.6. The van der Waals surface area contributed by atoms with E-state index in [1.165, 1.54) is 116 Å². The molecule has 0 unspecified atom stereocenters. The molecule has 0 atom stereocenters. The highest BCUT2D eigenvalue weighted by Gasteiger charge is 1.94. The molecule has 0 aromatic carbocycles. The lowest BCUT2D eigenvalue weighted by atomic mass is 10.0. The zero-order chi connectivity index (χ0) is 19.1. The summed E-state index contributed by atoms with van der Waals surface area (Å²) >= 11 is 0. The lowest BCUT2D eigenvalue weighted by Gasteiger charge is -2.03. The Labute approximate surface area is 164 Å². The van der Waals surface area contributed by atoms with Crippen LogP contribution in [0.1, 0.15) is 129 Å². The maximum atomic E-state index is 10.6. The molecule has 0 rings (SSSR count). The number of rotatable bonds is 20. The van der Waals surface area contributed by atoms with Gasteiger partial charge in [-0.3, -0.25) is 4.79 Å². The molecule has 0 aliphatic rings. The zero-order valence-electron chi connectivity index (χ0n) is 17.9. The van der Waals surface area contributed by atoms with E-state index in [9.17, 15) is 4.79 Å². The van der Waals surface area contributed by atoms with Crippen molar-refractivity contribution in [2.45, 2.75) is 129 Å². The summed E-state index contributed by atoms with van der Waals surface area (Å²) in [5.41, 5.74) is 0. The number of ether oxygens (including phenoxy) is 1. The number of allylic oxidation sites excluding steroid dienone is 1. The highest BCUT2D eigenvalue weighted by atomic mass is 16.5. The largest absolute Gasteiger partial charge is 0.466 e. The Morgan fingerprint density at radius 2 is 1.00 bits per heavy atom. The van der Waals surface area contributed by atoms with Crippen molar-refractivity contribution >= 4 is 5.97 Å². The molecule has 0 aromatic rings. The van der Waals surface area contributed by atoms with Crippen LogP contribution in [0.5, 0.6) is 0 Å². The van der Waals surface area contributed by atoms with Crippen LogP contribution in [0.4, 0.5) is 0 Å². The Morgan fingerprint density at radius 1 is 0.615 bits per heavy atom. The van der Waals surface area contributed by atoms with Crippen LogP contribution in [-0.4, -0.2) is 12.6 Å². The molecule has 0 aliphatic heterocycles. The Hall–Kier alpha value is -0.790. The van der Waals surface area contributed by atoms with Gasteiger partial charge in [-0.05, 0) is 19.3 Å². The summed E-state index contributed by atoms with van der Waals surface area (Å²) in [6, 6.07) is 0. The summed E-state index contributed by atoms with van der Waals surface area (Å²) in [6.45, 7) is 4.26. The van der Waals surface area contributed by atoms with E-state index in [4.69, 9.17) is 4.74 Å². The molecule has 0 amide bonds. The van der Waals surface area contributed by atoms with Gasteiger partial charge in [-0.15, -0.1) is 0 Å². The molecule has 0 saturated heterocycles. The minimum Gasteiger partial charge on any atom is -0.466 e. The Morgan fingerprint density at radius 3 is 1.42 bits per heavy atom. The van der Waals surface area contributed by atoms with Crippen molar-refractivity contribution in [3.8, 4) is 0 Å². The van der Waals surface area contributed by atoms with E-state index in [-0.39, 0.29) is 5.97 Å². The van der Waals surface area contributed by atoms with E-state index in [0.29, 0.717) is 6.61 Å². The summed E-state index contributed by atoms with van der Waals surface area (Å²) in [7, 11) is 0. The molecule has 0 bridgehead atoms. The molecule has 0 aliphatic carbocycles. The first-order chi connectivity index (χ1) is 12.8. The third-order valence-corrected chi connectivity index (χ3v) is 4.98. The van der Waals surface area contributed by atoms with Gasteiger partial charge < -0.3 is 4.74 Å². The van der Waals surface area contributed by atoms with Crippen molar-refractivity contribution in [2.75, 3.05) is 6.61 Å². The van der Waals surface area contributed by atoms with Crippen LogP contribution in [-0.2, 0) is 9.53 Å². The Bertz CT molecular complexity index is 309. The predicted molar refractivity (Wildman–Crippen MR) is 115 cm³/mol. The van der Waals surface area contributed by atoms with E-state index in [0.717, 1.165) is 6.42 Å². The van der Waals surface area contributed by atoms with Crippen molar-refractivity contribution in [3.63, 3.8) is 0 Å². The molecule has 0 spiro atoms. The van der Waals surface area contributed by atoms with Gasteiger partial charge in [0.2, 0.25) is 0 Å². The van der Waals surface area contributed by atoms with Crippen LogP contribution < -0.4 is 0 Å². The zero-order valence-corrected chi connectivity index (χ0v) is 17.9. The van der Waals surface area contributed by atoms with Gasteiger partial charge in [0.25, 0.3) is 0 Å². The number of hydrogen-bond acceptors (Lipinski definition) is 2. The molecule has 0 N–H and O–H groups in total. The minimum atomic E-state index is -0.184. The summed E-state index contributed by atoms with van der Waals surface area (Å²) in [5.74, 6) is -0.184. The highest BCUT2D eigenvalue weighted by Crippen LogP contribution is 2.14. The minimum absolute atomic E-state index is 0.184. The van der Waals surface area contributed by atoms with Gasteiger partial charge in [-0.25, -0.2) is 0 Å². The first-order valence-corrected chi connectivity index (χ1v) is 11.6. The van der Waals surface area contributed by atoms with Gasteiger partial charge in [0.15, 0.2) is 0 Å². The Kier molecular flexibility index (Phi) is 21.6. The van der Waals surface area contributed by atoms with E-state index in [1.807, 2.05) is 0 Å². The maximum absolute atomic E-state index is 10.6. The monoisotopic (exact) mass is 366 g/mol. The second kappa shape index (κ2) is 22.3. The molecule has 26 heavy (non-hydrogen) atoms.